The van der Waals surface area contributed by atoms with Gasteiger partial charge < -0.3 is 4.90 Å². The Bertz CT molecular complexity index is 605. The molecule has 0 N–H and O–H groups in total. The normalized spacial score (nSPS) is 15.8. The van der Waals surface area contributed by atoms with Gasteiger partial charge in [-0.3, -0.25) is 0 Å². The second-order valence-corrected chi connectivity index (χ2v) is 5.91. The van der Waals surface area contributed by atoms with Crippen LogP contribution in [0.3, 0.4) is 0 Å². The van der Waals surface area contributed by atoms with Crippen molar-refractivity contribution in [1.82, 2.24) is 9.97 Å². The van der Waals surface area contributed by atoms with Gasteiger partial charge in [-0.1, -0.05) is 54.8 Å². The third-order valence-electron chi connectivity index (χ3n) is 4.01. The number of anilines is 1. The van der Waals surface area contributed by atoms with Gasteiger partial charge in [-0.05, 0) is 19.8 Å². The van der Waals surface area contributed by atoms with E-state index in [-0.39, 0.29) is 0 Å². The van der Waals surface area contributed by atoms with Crippen LogP contribution in [0.15, 0.2) is 30.3 Å². The molecular weight excluding hydrogens is 282 g/mol. The standard InChI is InChI=1S/C17H20ClN3/c1-13-15(14-9-5-4-6-10-14)19-17(20-16(13)18)21-11-7-2-3-8-12-21/h4-6,9-10H,2-3,7-8,11-12H2,1H3. The van der Waals surface area contributed by atoms with E-state index in [2.05, 4.69) is 22.0 Å². The van der Waals surface area contributed by atoms with Gasteiger partial charge in [0.05, 0.1) is 5.69 Å². The predicted octanol–water partition coefficient (Wildman–Crippen LogP) is 4.49. The molecule has 0 spiro atoms. The van der Waals surface area contributed by atoms with Gasteiger partial charge in [0.2, 0.25) is 5.95 Å². The maximum Gasteiger partial charge on any atom is 0.227 e. The Labute approximate surface area is 131 Å². The summed E-state index contributed by atoms with van der Waals surface area (Å²) in [6.45, 7) is 4.03. The van der Waals surface area contributed by atoms with Crippen LogP contribution < -0.4 is 4.90 Å². The molecule has 0 amide bonds. The van der Waals surface area contributed by atoms with E-state index in [0.717, 1.165) is 35.9 Å². The number of hydrogen-bond acceptors (Lipinski definition) is 3. The number of halogens is 1. The smallest absolute Gasteiger partial charge is 0.227 e. The summed E-state index contributed by atoms with van der Waals surface area (Å²) in [6.07, 6.45) is 4.99. The van der Waals surface area contributed by atoms with E-state index in [1.807, 2.05) is 25.1 Å². The maximum absolute atomic E-state index is 6.35. The second-order valence-electron chi connectivity index (χ2n) is 5.56. The molecule has 3 rings (SSSR count). The van der Waals surface area contributed by atoms with Crippen molar-refractivity contribution in [3.63, 3.8) is 0 Å². The predicted molar refractivity (Wildman–Crippen MR) is 87.9 cm³/mol. The number of rotatable bonds is 2. The van der Waals surface area contributed by atoms with E-state index in [9.17, 15) is 0 Å². The van der Waals surface area contributed by atoms with Gasteiger partial charge >= 0.3 is 0 Å². The van der Waals surface area contributed by atoms with Crippen LogP contribution in [-0.2, 0) is 0 Å². The minimum atomic E-state index is 0.558. The molecule has 21 heavy (non-hydrogen) atoms. The lowest BCUT2D eigenvalue weighted by molar-refractivity contribution is 0.726. The third kappa shape index (κ3) is 3.18. The van der Waals surface area contributed by atoms with E-state index in [0.29, 0.717) is 5.15 Å². The second kappa shape index (κ2) is 6.44. The third-order valence-corrected chi connectivity index (χ3v) is 4.38. The van der Waals surface area contributed by atoms with Crippen LogP contribution in [0, 0.1) is 6.92 Å². The van der Waals surface area contributed by atoms with E-state index in [4.69, 9.17) is 16.6 Å². The summed E-state index contributed by atoms with van der Waals surface area (Å²) in [7, 11) is 0. The fourth-order valence-corrected chi connectivity index (χ4v) is 2.93. The Morgan fingerprint density at radius 3 is 2.29 bits per heavy atom. The molecule has 0 saturated carbocycles. The Hall–Kier alpha value is -1.61. The Morgan fingerprint density at radius 2 is 1.62 bits per heavy atom. The zero-order chi connectivity index (χ0) is 14.7. The first kappa shape index (κ1) is 14.3. The molecule has 1 aromatic carbocycles. The van der Waals surface area contributed by atoms with Crippen LogP contribution >= 0.6 is 11.6 Å². The van der Waals surface area contributed by atoms with Crippen molar-refractivity contribution in [3.05, 3.63) is 41.0 Å². The summed E-state index contributed by atoms with van der Waals surface area (Å²) < 4.78 is 0. The summed E-state index contributed by atoms with van der Waals surface area (Å²) in [5.74, 6) is 0.770. The van der Waals surface area contributed by atoms with Crippen LogP contribution in [0.2, 0.25) is 5.15 Å². The highest BCUT2D eigenvalue weighted by Gasteiger charge is 2.17. The van der Waals surface area contributed by atoms with Gasteiger partial charge in [0.1, 0.15) is 5.15 Å². The van der Waals surface area contributed by atoms with Crippen LogP contribution in [0.4, 0.5) is 5.95 Å². The van der Waals surface area contributed by atoms with Crippen molar-refractivity contribution in [3.8, 4) is 11.3 Å². The van der Waals surface area contributed by atoms with Crippen LogP contribution in [0.25, 0.3) is 11.3 Å². The molecule has 1 fully saturated rings. The van der Waals surface area contributed by atoms with E-state index in [1.54, 1.807) is 0 Å². The lowest BCUT2D eigenvalue weighted by Crippen LogP contribution is -2.26. The fourth-order valence-electron chi connectivity index (χ4n) is 2.77. The highest BCUT2D eigenvalue weighted by Crippen LogP contribution is 2.28. The number of aromatic nitrogens is 2. The first-order chi connectivity index (χ1) is 10.3. The van der Waals surface area contributed by atoms with Crippen LogP contribution in [0.1, 0.15) is 31.2 Å². The first-order valence-electron chi connectivity index (χ1n) is 7.60. The molecule has 1 aromatic heterocycles. The average molecular weight is 302 g/mol. The summed E-state index contributed by atoms with van der Waals surface area (Å²) in [6, 6.07) is 10.2. The molecule has 1 aliphatic heterocycles. The molecule has 110 valence electrons. The molecule has 0 aliphatic carbocycles. The van der Waals surface area contributed by atoms with Crippen molar-refractivity contribution in [2.45, 2.75) is 32.6 Å². The largest absolute Gasteiger partial charge is 0.341 e. The SMILES string of the molecule is Cc1c(Cl)nc(N2CCCCCC2)nc1-c1ccccc1. The Balaban J connectivity index is 2.01. The summed E-state index contributed by atoms with van der Waals surface area (Å²) in [5, 5.41) is 0.558. The van der Waals surface area contributed by atoms with E-state index in [1.165, 1.54) is 25.7 Å². The highest BCUT2D eigenvalue weighted by molar-refractivity contribution is 6.30. The van der Waals surface area contributed by atoms with Crippen molar-refractivity contribution >= 4 is 17.5 Å². The lowest BCUT2D eigenvalue weighted by Gasteiger charge is -2.21. The average Bonchev–Trinajstić information content (AvgIpc) is 2.80. The number of nitrogens with zero attached hydrogens (tertiary/aromatic N) is 3. The number of hydrogen-bond donors (Lipinski definition) is 0. The summed E-state index contributed by atoms with van der Waals surface area (Å²) in [5.41, 5.74) is 2.98. The molecule has 2 heterocycles. The molecule has 1 saturated heterocycles. The van der Waals surface area contributed by atoms with Gasteiger partial charge in [-0.25, -0.2) is 9.97 Å². The lowest BCUT2D eigenvalue weighted by atomic mass is 10.1. The molecule has 0 radical (unpaired) electrons. The van der Waals surface area contributed by atoms with Crippen molar-refractivity contribution in [1.29, 1.82) is 0 Å². The van der Waals surface area contributed by atoms with E-state index >= 15 is 0 Å². The molecule has 1 aliphatic rings. The first-order valence-corrected chi connectivity index (χ1v) is 7.98. The van der Waals surface area contributed by atoms with Gasteiger partial charge in [0.25, 0.3) is 0 Å². The number of benzene rings is 1. The molecule has 0 bridgehead atoms. The van der Waals surface area contributed by atoms with Crippen molar-refractivity contribution in [2.24, 2.45) is 0 Å². The Morgan fingerprint density at radius 1 is 0.952 bits per heavy atom. The molecule has 0 unspecified atom stereocenters. The monoisotopic (exact) mass is 301 g/mol. The van der Waals surface area contributed by atoms with Gasteiger partial charge in [-0.15, -0.1) is 0 Å². The highest BCUT2D eigenvalue weighted by atomic mass is 35.5. The van der Waals surface area contributed by atoms with E-state index < -0.39 is 0 Å². The molecule has 0 atom stereocenters. The zero-order valence-corrected chi connectivity index (χ0v) is 13.1. The van der Waals surface area contributed by atoms with Gasteiger partial charge in [0, 0.05) is 24.2 Å². The zero-order valence-electron chi connectivity index (χ0n) is 12.3. The molecule has 2 aromatic rings. The van der Waals surface area contributed by atoms with Crippen molar-refractivity contribution in [2.75, 3.05) is 18.0 Å². The van der Waals surface area contributed by atoms with Crippen molar-refractivity contribution < 1.29 is 0 Å². The molecule has 4 heteroatoms. The van der Waals surface area contributed by atoms with Crippen LogP contribution in [-0.4, -0.2) is 23.1 Å². The maximum atomic E-state index is 6.35. The van der Waals surface area contributed by atoms with Gasteiger partial charge in [-0.2, -0.15) is 0 Å². The van der Waals surface area contributed by atoms with Crippen LogP contribution in [0.5, 0.6) is 0 Å². The molecular formula is C17H20ClN3. The summed E-state index contributed by atoms with van der Waals surface area (Å²) >= 11 is 6.35. The minimum Gasteiger partial charge on any atom is -0.341 e. The quantitative estimate of drug-likeness (QED) is 0.766. The van der Waals surface area contributed by atoms with Gasteiger partial charge in [0.15, 0.2) is 0 Å². The Kier molecular flexibility index (Phi) is 4.39. The minimum absolute atomic E-state index is 0.558. The topological polar surface area (TPSA) is 29.0 Å². The molecule has 3 nitrogen and oxygen atoms in total. The summed E-state index contributed by atoms with van der Waals surface area (Å²) in [4.78, 5) is 11.6. The fraction of sp³-hybridized carbons (Fsp3) is 0.412.